The zero-order valence-corrected chi connectivity index (χ0v) is 11.4. The predicted molar refractivity (Wildman–Crippen MR) is 76.4 cm³/mol. The molecule has 5 heteroatoms. The van der Waals surface area contributed by atoms with Crippen LogP contribution in [-0.2, 0) is 17.8 Å². The zero-order chi connectivity index (χ0) is 15.1. The molecule has 1 amide bonds. The monoisotopic (exact) mass is 289 g/mol. The molecule has 0 bridgehead atoms. The van der Waals surface area contributed by atoms with Crippen molar-refractivity contribution in [1.29, 1.82) is 0 Å². The maximum atomic E-state index is 13.0. The lowest BCUT2D eigenvalue weighted by Gasteiger charge is -2.07. The summed E-state index contributed by atoms with van der Waals surface area (Å²) < 4.78 is 23.3. The van der Waals surface area contributed by atoms with E-state index in [2.05, 4.69) is 4.74 Å². The molecule has 0 saturated heterocycles. The summed E-state index contributed by atoms with van der Waals surface area (Å²) in [6.45, 7) is 0.556. The number of primary amides is 1. The number of hydrogen-bond donors (Lipinski definition) is 1. The second-order valence-electron chi connectivity index (χ2n) is 4.48. The van der Waals surface area contributed by atoms with Gasteiger partial charge in [-0.1, -0.05) is 24.3 Å². The normalized spacial score (nSPS) is 10.1. The van der Waals surface area contributed by atoms with Gasteiger partial charge in [-0.25, -0.2) is 9.18 Å². The Labute approximate surface area is 122 Å². The van der Waals surface area contributed by atoms with E-state index in [1.54, 1.807) is 12.1 Å². The molecule has 2 rings (SSSR count). The van der Waals surface area contributed by atoms with E-state index in [1.165, 1.54) is 12.1 Å². The van der Waals surface area contributed by atoms with Gasteiger partial charge in [0.15, 0.2) is 0 Å². The van der Waals surface area contributed by atoms with Crippen molar-refractivity contribution in [2.75, 3.05) is 6.61 Å². The molecule has 0 fully saturated rings. The summed E-state index contributed by atoms with van der Waals surface area (Å²) in [6.07, 6.45) is -0.183. The summed E-state index contributed by atoms with van der Waals surface area (Å²) in [4.78, 5) is 10.4. The minimum absolute atomic E-state index is 0.249. The topological polar surface area (TPSA) is 61.6 Å². The minimum Gasteiger partial charge on any atom is -0.489 e. The van der Waals surface area contributed by atoms with Crippen molar-refractivity contribution in [1.82, 2.24) is 0 Å². The second-order valence-corrected chi connectivity index (χ2v) is 4.48. The van der Waals surface area contributed by atoms with Crippen molar-refractivity contribution < 1.29 is 18.7 Å². The highest BCUT2D eigenvalue weighted by Crippen LogP contribution is 2.15. The standard InChI is InChI=1S/C16H16FNO3/c17-14-3-1-2-13(10-14)11-21-15-6-4-12(5-7-15)8-9-20-16(18)19/h1-7,10H,8-9,11H2,(H2,18,19). The van der Waals surface area contributed by atoms with Crippen molar-refractivity contribution >= 4 is 6.09 Å². The van der Waals surface area contributed by atoms with Gasteiger partial charge < -0.3 is 15.2 Å². The number of carbonyl (C=O) groups excluding carboxylic acids is 1. The first-order valence-electron chi connectivity index (χ1n) is 6.52. The first-order valence-corrected chi connectivity index (χ1v) is 6.52. The van der Waals surface area contributed by atoms with Crippen molar-refractivity contribution in [3.8, 4) is 5.75 Å². The van der Waals surface area contributed by atoms with Gasteiger partial charge in [0.05, 0.1) is 6.61 Å². The molecule has 0 aliphatic heterocycles. The van der Waals surface area contributed by atoms with Crippen LogP contribution in [0.2, 0.25) is 0 Å². The number of carbonyl (C=O) groups is 1. The molecule has 2 aromatic carbocycles. The summed E-state index contributed by atoms with van der Waals surface area (Å²) in [6, 6.07) is 13.7. The molecule has 0 spiro atoms. The van der Waals surface area contributed by atoms with E-state index in [9.17, 15) is 9.18 Å². The van der Waals surface area contributed by atoms with Gasteiger partial charge in [0.1, 0.15) is 18.2 Å². The van der Waals surface area contributed by atoms with Crippen LogP contribution in [0.25, 0.3) is 0 Å². The van der Waals surface area contributed by atoms with Crippen molar-refractivity contribution in [3.63, 3.8) is 0 Å². The lowest BCUT2D eigenvalue weighted by molar-refractivity contribution is 0.158. The second kappa shape index (κ2) is 7.28. The summed E-state index contributed by atoms with van der Waals surface area (Å²) >= 11 is 0. The fourth-order valence-corrected chi connectivity index (χ4v) is 1.82. The maximum Gasteiger partial charge on any atom is 0.404 e. The first kappa shape index (κ1) is 14.8. The lowest BCUT2D eigenvalue weighted by Crippen LogP contribution is -2.14. The van der Waals surface area contributed by atoms with Crippen molar-refractivity contribution in [3.05, 3.63) is 65.5 Å². The number of ether oxygens (including phenoxy) is 2. The molecule has 2 aromatic rings. The molecule has 0 unspecified atom stereocenters. The number of hydrogen-bond acceptors (Lipinski definition) is 3. The quantitative estimate of drug-likeness (QED) is 0.889. The number of nitrogens with two attached hydrogens (primary N) is 1. The van der Waals surface area contributed by atoms with Crippen molar-refractivity contribution in [2.24, 2.45) is 5.73 Å². The van der Waals surface area contributed by atoms with Crippen LogP contribution < -0.4 is 10.5 Å². The molecule has 0 heterocycles. The Bertz CT molecular complexity index is 599. The van der Waals surface area contributed by atoms with Crippen LogP contribution >= 0.6 is 0 Å². The Balaban J connectivity index is 1.83. The fraction of sp³-hybridized carbons (Fsp3) is 0.188. The highest BCUT2D eigenvalue weighted by molar-refractivity contribution is 5.64. The molecular formula is C16H16FNO3. The van der Waals surface area contributed by atoms with Crippen LogP contribution in [0.1, 0.15) is 11.1 Å². The molecule has 2 N–H and O–H groups in total. The smallest absolute Gasteiger partial charge is 0.404 e. The molecule has 0 atom stereocenters. The highest BCUT2D eigenvalue weighted by atomic mass is 19.1. The molecular weight excluding hydrogens is 273 g/mol. The van der Waals surface area contributed by atoms with Gasteiger partial charge in [-0.05, 0) is 35.4 Å². The molecule has 0 saturated carbocycles. The van der Waals surface area contributed by atoms with Crippen LogP contribution in [0, 0.1) is 5.82 Å². The van der Waals surface area contributed by atoms with Gasteiger partial charge in [-0.3, -0.25) is 0 Å². The van der Waals surface area contributed by atoms with Gasteiger partial charge in [0, 0.05) is 6.42 Å². The summed E-state index contributed by atoms with van der Waals surface area (Å²) in [5.41, 5.74) is 6.66. The molecule has 0 aliphatic rings. The average Bonchev–Trinajstić information content (AvgIpc) is 2.46. The summed E-state index contributed by atoms with van der Waals surface area (Å²) in [5.74, 6) is 0.416. The highest BCUT2D eigenvalue weighted by Gasteiger charge is 2.00. The number of benzene rings is 2. The Morgan fingerprint density at radius 2 is 1.86 bits per heavy atom. The van der Waals surface area contributed by atoms with Crippen molar-refractivity contribution in [2.45, 2.75) is 13.0 Å². The van der Waals surface area contributed by atoms with Gasteiger partial charge in [0.25, 0.3) is 0 Å². The minimum atomic E-state index is -0.773. The average molecular weight is 289 g/mol. The van der Waals surface area contributed by atoms with Gasteiger partial charge in [-0.2, -0.15) is 0 Å². The van der Waals surface area contributed by atoms with Crippen LogP contribution in [0.3, 0.4) is 0 Å². The fourth-order valence-electron chi connectivity index (χ4n) is 1.82. The van der Waals surface area contributed by atoms with E-state index in [1.807, 2.05) is 24.3 Å². The van der Waals surface area contributed by atoms with E-state index in [0.29, 0.717) is 18.8 Å². The third-order valence-electron chi connectivity index (χ3n) is 2.85. The van der Waals surface area contributed by atoms with E-state index < -0.39 is 6.09 Å². The van der Waals surface area contributed by atoms with Crippen LogP contribution in [0.5, 0.6) is 5.75 Å². The van der Waals surface area contributed by atoms with E-state index in [0.717, 1.165) is 11.1 Å². The van der Waals surface area contributed by atoms with E-state index in [-0.39, 0.29) is 12.4 Å². The molecule has 4 nitrogen and oxygen atoms in total. The Morgan fingerprint density at radius 1 is 1.10 bits per heavy atom. The number of halogens is 1. The number of amides is 1. The van der Waals surface area contributed by atoms with E-state index >= 15 is 0 Å². The molecule has 0 aliphatic carbocycles. The summed E-state index contributed by atoms with van der Waals surface area (Å²) in [5, 5.41) is 0. The predicted octanol–water partition coefficient (Wildman–Crippen LogP) is 3.04. The van der Waals surface area contributed by atoms with Crippen LogP contribution in [0.4, 0.5) is 9.18 Å². The third kappa shape index (κ3) is 5.14. The van der Waals surface area contributed by atoms with Gasteiger partial charge in [0.2, 0.25) is 0 Å². The zero-order valence-electron chi connectivity index (χ0n) is 11.4. The Kier molecular flexibility index (Phi) is 5.15. The maximum absolute atomic E-state index is 13.0. The Morgan fingerprint density at radius 3 is 2.52 bits per heavy atom. The van der Waals surface area contributed by atoms with E-state index in [4.69, 9.17) is 10.5 Å². The van der Waals surface area contributed by atoms with Crippen LogP contribution in [0.15, 0.2) is 48.5 Å². The first-order chi connectivity index (χ1) is 10.1. The largest absolute Gasteiger partial charge is 0.489 e. The third-order valence-corrected chi connectivity index (χ3v) is 2.85. The number of rotatable bonds is 6. The van der Waals surface area contributed by atoms with Gasteiger partial charge in [-0.15, -0.1) is 0 Å². The summed E-state index contributed by atoms with van der Waals surface area (Å²) in [7, 11) is 0. The molecule has 21 heavy (non-hydrogen) atoms. The molecule has 0 radical (unpaired) electrons. The molecule has 110 valence electrons. The Hall–Kier alpha value is -2.56. The lowest BCUT2D eigenvalue weighted by atomic mass is 10.1. The van der Waals surface area contributed by atoms with Gasteiger partial charge >= 0.3 is 6.09 Å². The molecule has 0 aromatic heterocycles. The SMILES string of the molecule is NC(=O)OCCc1ccc(OCc2cccc(F)c2)cc1. The van der Waals surface area contributed by atoms with Crippen LogP contribution in [-0.4, -0.2) is 12.7 Å².